The zero-order valence-corrected chi connectivity index (χ0v) is 13.7. The lowest BCUT2D eigenvalue weighted by atomic mass is 10.0. The molecule has 1 aliphatic heterocycles. The molecule has 0 bridgehead atoms. The van der Waals surface area contributed by atoms with Crippen molar-refractivity contribution in [3.63, 3.8) is 0 Å². The number of aryl methyl sites for hydroxylation is 1. The average molecular weight is 307 g/mol. The van der Waals surface area contributed by atoms with Gasteiger partial charge in [0, 0.05) is 31.0 Å². The van der Waals surface area contributed by atoms with Gasteiger partial charge in [-0.1, -0.05) is 25.6 Å². The molecule has 0 aromatic heterocycles. The van der Waals surface area contributed by atoms with Gasteiger partial charge < -0.3 is 4.90 Å². The molecule has 1 aromatic rings. The number of non-ortho nitro benzene ring substituents is 1. The van der Waals surface area contributed by atoms with Gasteiger partial charge in [-0.3, -0.25) is 10.1 Å². The van der Waals surface area contributed by atoms with Gasteiger partial charge in [-0.25, -0.2) is 4.99 Å². The number of nitro groups is 1. The number of amidine groups is 1. The lowest BCUT2D eigenvalue weighted by molar-refractivity contribution is -0.384. The van der Waals surface area contributed by atoms with Crippen molar-refractivity contribution in [3.8, 4) is 0 Å². The minimum absolute atomic E-state index is 0.112. The molecule has 0 amide bonds. The lowest BCUT2D eigenvalue weighted by Gasteiger charge is -2.37. The zero-order chi connectivity index (χ0) is 15.6. The third-order valence-electron chi connectivity index (χ3n) is 3.82. The van der Waals surface area contributed by atoms with Crippen molar-refractivity contribution < 1.29 is 4.92 Å². The van der Waals surface area contributed by atoms with E-state index in [2.05, 4.69) is 25.8 Å². The van der Waals surface area contributed by atoms with E-state index in [1.807, 2.05) is 6.92 Å². The van der Waals surface area contributed by atoms with Gasteiger partial charge in [0.05, 0.1) is 10.6 Å². The van der Waals surface area contributed by atoms with E-state index in [0.29, 0.717) is 12.0 Å². The summed E-state index contributed by atoms with van der Waals surface area (Å²) in [7, 11) is 2.08. The van der Waals surface area contributed by atoms with Gasteiger partial charge in [0.15, 0.2) is 5.17 Å². The van der Waals surface area contributed by atoms with Crippen LogP contribution in [-0.4, -0.2) is 33.8 Å². The summed E-state index contributed by atoms with van der Waals surface area (Å²) in [4.78, 5) is 17.4. The van der Waals surface area contributed by atoms with E-state index in [1.165, 1.54) is 6.07 Å². The summed E-state index contributed by atoms with van der Waals surface area (Å²) in [5.74, 6) is 1.65. The van der Waals surface area contributed by atoms with Crippen LogP contribution in [0.15, 0.2) is 23.2 Å². The van der Waals surface area contributed by atoms with Crippen molar-refractivity contribution in [2.75, 3.05) is 12.8 Å². The van der Waals surface area contributed by atoms with Gasteiger partial charge in [-0.05, 0) is 30.9 Å². The normalized spacial score (nSPS) is 21.1. The minimum Gasteiger partial charge on any atom is -0.351 e. The summed E-state index contributed by atoms with van der Waals surface area (Å²) in [5.41, 5.74) is 1.75. The molecule has 1 saturated heterocycles. The van der Waals surface area contributed by atoms with Crippen LogP contribution in [-0.2, 0) is 0 Å². The molecule has 0 N–H and O–H groups in total. The first-order chi connectivity index (χ1) is 9.90. The number of hydrogen-bond donors (Lipinski definition) is 0. The van der Waals surface area contributed by atoms with Crippen LogP contribution in [0.25, 0.3) is 0 Å². The van der Waals surface area contributed by atoms with Crippen LogP contribution in [0.4, 0.5) is 11.4 Å². The van der Waals surface area contributed by atoms with Gasteiger partial charge >= 0.3 is 0 Å². The van der Waals surface area contributed by atoms with Crippen LogP contribution in [0, 0.1) is 23.0 Å². The summed E-state index contributed by atoms with van der Waals surface area (Å²) < 4.78 is 0. The van der Waals surface area contributed by atoms with Crippen molar-refractivity contribution in [2.24, 2.45) is 10.9 Å². The second kappa shape index (κ2) is 6.47. The van der Waals surface area contributed by atoms with Crippen molar-refractivity contribution in [1.82, 2.24) is 4.90 Å². The molecule has 0 unspecified atom stereocenters. The van der Waals surface area contributed by atoms with E-state index < -0.39 is 0 Å². The Balaban J connectivity index is 2.28. The maximum absolute atomic E-state index is 10.8. The Kier molecular flexibility index (Phi) is 4.88. The molecule has 1 heterocycles. The second-order valence-electron chi connectivity index (χ2n) is 5.68. The summed E-state index contributed by atoms with van der Waals surface area (Å²) in [6, 6.07) is 5.32. The quantitative estimate of drug-likeness (QED) is 0.626. The van der Waals surface area contributed by atoms with Crippen LogP contribution in [0.3, 0.4) is 0 Å². The van der Waals surface area contributed by atoms with Gasteiger partial charge in [-0.2, -0.15) is 0 Å². The van der Waals surface area contributed by atoms with Crippen LogP contribution >= 0.6 is 11.8 Å². The predicted octanol–water partition coefficient (Wildman–Crippen LogP) is 3.98. The Labute approximate surface area is 129 Å². The van der Waals surface area contributed by atoms with E-state index >= 15 is 0 Å². The Morgan fingerprint density at radius 3 is 2.76 bits per heavy atom. The van der Waals surface area contributed by atoms with E-state index in [9.17, 15) is 10.1 Å². The Morgan fingerprint density at radius 2 is 2.19 bits per heavy atom. The SMILES string of the molecule is Cc1cc([N+](=O)[O-])ccc1N=C1SCC[C@H](C(C)C)N1C. The highest BCUT2D eigenvalue weighted by atomic mass is 32.2. The second-order valence-corrected chi connectivity index (χ2v) is 6.74. The predicted molar refractivity (Wildman–Crippen MR) is 88.4 cm³/mol. The van der Waals surface area contributed by atoms with Crippen molar-refractivity contribution >= 4 is 28.3 Å². The number of nitro benzene ring substituents is 1. The van der Waals surface area contributed by atoms with Crippen LogP contribution in [0.1, 0.15) is 25.8 Å². The molecule has 5 nitrogen and oxygen atoms in total. The van der Waals surface area contributed by atoms with Crippen LogP contribution in [0.2, 0.25) is 0 Å². The molecule has 21 heavy (non-hydrogen) atoms. The fourth-order valence-corrected chi connectivity index (χ4v) is 3.63. The number of rotatable bonds is 3. The van der Waals surface area contributed by atoms with Crippen molar-refractivity contribution in [1.29, 1.82) is 0 Å². The Morgan fingerprint density at radius 1 is 1.48 bits per heavy atom. The smallest absolute Gasteiger partial charge is 0.269 e. The summed E-state index contributed by atoms with van der Waals surface area (Å²) in [5, 5.41) is 11.8. The van der Waals surface area contributed by atoms with Gasteiger partial charge in [0.1, 0.15) is 0 Å². The van der Waals surface area contributed by atoms with Gasteiger partial charge in [0.2, 0.25) is 0 Å². The molecular weight excluding hydrogens is 286 g/mol. The Bertz CT molecular complexity index is 572. The summed E-state index contributed by atoms with van der Waals surface area (Å²) in [6.45, 7) is 6.32. The average Bonchev–Trinajstić information content (AvgIpc) is 2.42. The van der Waals surface area contributed by atoms with E-state index in [1.54, 1.807) is 23.9 Å². The fraction of sp³-hybridized carbons (Fsp3) is 0.533. The maximum Gasteiger partial charge on any atom is 0.269 e. The maximum atomic E-state index is 10.8. The topological polar surface area (TPSA) is 58.7 Å². The molecule has 1 atom stereocenters. The molecule has 0 saturated carbocycles. The molecule has 1 aromatic carbocycles. The summed E-state index contributed by atoms with van der Waals surface area (Å²) in [6.07, 6.45) is 1.16. The molecule has 1 fully saturated rings. The molecule has 114 valence electrons. The molecule has 6 heteroatoms. The minimum atomic E-state index is -0.375. The van der Waals surface area contributed by atoms with Crippen molar-refractivity contribution in [2.45, 2.75) is 33.2 Å². The first kappa shape index (κ1) is 15.8. The van der Waals surface area contributed by atoms with Crippen molar-refractivity contribution in [3.05, 3.63) is 33.9 Å². The highest BCUT2D eigenvalue weighted by Crippen LogP contribution is 2.30. The van der Waals surface area contributed by atoms with Crippen LogP contribution < -0.4 is 0 Å². The zero-order valence-electron chi connectivity index (χ0n) is 12.9. The van der Waals surface area contributed by atoms with Gasteiger partial charge in [0.25, 0.3) is 5.69 Å². The monoisotopic (exact) mass is 307 g/mol. The number of hydrogen-bond acceptors (Lipinski definition) is 4. The molecular formula is C15H21N3O2S. The van der Waals surface area contributed by atoms with E-state index in [-0.39, 0.29) is 10.6 Å². The Hall–Kier alpha value is -1.56. The first-order valence-electron chi connectivity index (χ1n) is 7.09. The van der Waals surface area contributed by atoms with E-state index in [0.717, 1.165) is 28.6 Å². The number of benzene rings is 1. The number of thioether (sulfide) groups is 1. The van der Waals surface area contributed by atoms with Crippen LogP contribution in [0.5, 0.6) is 0 Å². The highest BCUT2D eigenvalue weighted by molar-refractivity contribution is 8.13. The molecule has 0 aliphatic carbocycles. The van der Waals surface area contributed by atoms with E-state index in [4.69, 9.17) is 4.99 Å². The largest absolute Gasteiger partial charge is 0.351 e. The standard InChI is InChI=1S/C15H21N3O2S/c1-10(2)14-7-8-21-15(17(14)4)16-13-6-5-12(18(19)20)9-11(13)3/h5-6,9-10,14H,7-8H2,1-4H3/t14-/m1/s1. The fourth-order valence-electron chi connectivity index (χ4n) is 2.58. The molecule has 0 radical (unpaired) electrons. The number of nitrogens with zero attached hydrogens (tertiary/aromatic N) is 3. The third kappa shape index (κ3) is 3.56. The number of aliphatic imine (C=N–C) groups is 1. The third-order valence-corrected chi connectivity index (χ3v) is 4.90. The molecule has 2 rings (SSSR count). The highest BCUT2D eigenvalue weighted by Gasteiger charge is 2.26. The first-order valence-corrected chi connectivity index (χ1v) is 8.08. The summed E-state index contributed by atoms with van der Waals surface area (Å²) >= 11 is 1.75. The lowest BCUT2D eigenvalue weighted by Crippen LogP contribution is -2.42. The van der Waals surface area contributed by atoms with Gasteiger partial charge in [-0.15, -0.1) is 0 Å². The molecule has 1 aliphatic rings. The molecule has 0 spiro atoms.